The molecule has 4 nitrogen and oxygen atoms in total. The average molecular weight is 182 g/mol. The molecule has 0 saturated heterocycles. The quantitative estimate of drug-likeness (QED) is 0.504. The van der Waals surface area contributed by atoms with Gasteiger partial charge in [0, 0.05) is 32.5 Å². The van der Waals surface area contributed by atoms with Crippen LogP contribution in [0, 0.1) is 0 Å². The van der Waals surface area contributed by atoms with Crippen molar-refractivity contribution in [3.05, 3.63) is 18.2 Å². The van der Waals surface area contributed by atoms with Crippen LogP contribution in [-0.4, -0.2) is 28.5 Å². The van der Waals surface area contributed by atoms with Gasteiger partial charge < -0.3 is 9.30 Å². The molecule has 0 atom stereocenters. The fraction of sp³-hybridized carbons (Fsp3) is 0.556. The van der Waals surface area contributed by atoms with Crippen LogP contribution in [-0.2, 0) is 11.8 Å². The Labute approximate surface area is 77.5 Å². The lowest BCUT2D eigenvalue weighted by Crippen LogP contribution is -2.10. The van der Waals surface area contributed by atoms with Crippen LogP contribution < -0.4 is 0 Å². The smallest absolute Gasteiger partial charge is 0.200 e. The van der Waals surface area contributed by atoms with Gasteiger partial charge in [-0.3, -0.25) is 4.79 Å². The maximum atomic E-state index is 11.4. The van der Waals surface area contributed by atoms with Crippen LogP contribution in [0.4, 0.5) is 0 Å². The predicted molar refractivity (Wildman–Crippen MR) is 48.6 cm³/mol. The molecule has 0 aliphatic rings. The fourth-order valence-electron chi connectivity index (χ4n) is 1.06. The molecule has 13 heavy (non-hydrogen) atoms. The number of hydrogen-bond acceptors (Lipinski definition) is 3. The van der Waals surface area contributed by atoms with Crippen molar-refractivity contribution in [2.45, 2.75) is 13.3 Å². The number of hydrogen-bond donors (Lipinski definition) is 0. The summed E-state index contributed by atoms with van der Waals surface area (Å²) in [7, 11) is 1.81. The number of aromatic nitrogens is 2. The third kappa shape index (κ3) is 2.66. The maximum absolute atomic E-state index is 11.4. The number of nitrogens with zero attached hydrogens (tertiary/aromatic N) is 2. The molecule has 0 unspecified atom stereocenters. The highest BCUT2D eigenvalue weighted by Crippen LogP contribution is 1.99. The van der Waals surface area contributed by atoms with E-state index in [2.05, 4.69) is 4.98 Å². The van der Waals surface area contributed by atoms with Crippen LogP contribution in [0.5, 0.6) is 0 Å². The van der Waals surface area contributed by atoms with E-state index in [0.717, 1.165) is 0 Å². The number of carbonyl (C=O) groups excluding carboxylic acids is 1. The Morgan fingerprint density at radius 3 is 3.00 bits per heavy atom. The van der Waals surface area contributed by atoms with Crippen molar-refractivity contribution >= 4 is 5.78 Å². The zero-order valence-electron chi connectivity index (χ0n) is 7.99. The largest absolute Gasteiger partial charge is 0.381 e. The topological polar surface area (TPSA) is 44.1 Å². The normalized spacial score (nSPS) is 10.3. The summed E-state index contributed by atoms with van der Waals surface area (Å²) in [6.07, 6.45) is 3.78. The molecular weight excluding hydrogens is 168 g/mol. The van der Waals surface area contributed by atoms with E-state index in [9.17, 15) is 4.79 Å². The van der Waals surface area contributed by atoms with Crippen LogP contribution in [0.3, 0.4) is 0 Å². The Balaban J connectivity index is 2.45. The van der Waals surface area contributed by atoms with Crippen LogP contribution in [0.1, 0.15) is 24.0 Å². The van der Waals surface area contributed by atoms with Gasteiger partial charge in [0.1, 0.15) is 0 Å². The van der Waals surface area contributed by atoms with Crippen molar-refractivity contribution < 1.29 is 9.53 Å². The third-order valence-electron chi connectivity index (χ3n) is 1.75. The van der Waals surface area contributed by atoms with Crippen LogP contribution in [0.25, 0.3) is 0 Å². The summed E-state index contributed by atoms with van der Waals surface area (Å²) in [6, 6.07) is 0. The van der Waals surface area contributed by atoms with E-state index in [4.69, 9.17) is 4.74 Å². The summed E-state index contributed by atoms with van der Waals surface area (Å²) in [5.41, 5.74) is 0. The summed E-state index contributed by atoms with van der Waals surface area (Å²) >= 11 is 0. The van der Waals surface area contributed by atoms with E-state index < -0.39 is 0 Å². The standard InChI is InChI=1S/C9H14N2O2/c1-3-13-7-4-8(12)9-10-5-6-11(9)2/h5-6H,3-4,7H2,1-2H3. The SMILES string of the molecule is CCOCCC(=O)c1nccn1C. The molecule has 0 aliphatic carbocycles. The van der Waals surface area contributed by atoms with E-state index in [1.54, 1.807) is 24.0 Å². The molecule has 0 spiro atoms. The lowest BCUT2D eigenvalue weighted by atomic mass is 10.3. The van der Waals surface area contributed by atoms with Crippen molar-refractivity contribution in [2.75, 3.05) is 13.2 Å². The lowest BCUT2D eigenvalue weighted by Gasteiger charge is -2.00. The van der Waals surface area contributed by atoms with Gasteiger partial charge in [0.2, 0.25) is 5.78 Å². The molecule has 0 saturated carbocycles. The zero-order valence-corrected chi connectivity index (χ0v) is 7.99. The van der Waals surface area contributed by atoms with Gasteiger partial charge in [-0.05, 0) is 6.92 Å². The number of rotatable bonds is 5. The van der Waals surface area contributed by atoms with Crippen molar-refractivity contribution in [1.82, 2.24) is 9.55 Å². The number of carbonyl (C=O) groups is 1. The second kappa shape index (κ2) is 4.77. The average Bonchev–Trinajstić information content (AvgIpc) is 2.52. The van der Waals surface area contributed by atoms with E-state index in [1.165, 1.54) is 0 Å². The van der Waals surface area contributed by atoms with Gasteiger partial charge in [-0.2, -0.15) is 0 Å². The monoisotopic (exact) mass is 182 g/mol. The van der Waals surface area contributed by atoms with Gasteiger partial charge in [-0.1, -0.05) is 0 Å². The number of ether oxygens (including phenoxy) is 1. The second-order valence-corrected chi connectivity index (χ2v) is 2.73. The first-order chi connectivity index (χ1) is 6.25. The van der Waals surface area contributed by atoms with Gasteiger partial charge in [0.25, 0.3) is 0 Å². The van der Waals surface area contributed by atoms with Gasteiger partial charge in [-0.25, -0.2) is 4.98 Å². The molecule has 0 amide bonds. The van der Waals surface area contributed by atoms with Crippen LogP contribution >= 0.6 is 0 Å². The third-order valence-corrected chi connectivity index (χ3v) is 1.75. The van der Waals surface area contributed by atoms with E-state index in [-0.39, 0.29) is 5.78 Å². The van der Waals surface area contributed by atoms with Crippen LogP contribution in [0.15, 0.2) is 12.4 Å². The molecular formula is C9H14N2O2. The molecule has 1 rings (SSSR count). The van der Waals surface area contributed by atoms with E-state index in [1.807, 2.05) is 6.92 Å². The Bertz CT molecular complexity index is 281. The second-order valence-electron chi connectivity index (χ2n) is 2.73. The number of imidazole rings is 1. The Morgan fingerprint density at radius 1 is 1.69 bits per heavy atom. The number of Topliss-reactive ketones (excluding diaryl/α,β-unsaturated/α-hetero) is 1. The molecule has 1 heterocycles. The predicted octanol–water partition coefficient (Wildman–Crippen LogP) is 1.03. The molecule has 72 valence electrons. The number of aryl methyl sites for hydroxylation is 1. The number of ketones is 1. The minimum absolute atomic E-state index is 0.0287. The van der Waals surface area contributed by atoms with Crippen molar-refractivity contribution in [3.63, 3.8) is 0 Å². The lowest BCUT2D eigenvalue weighted by molar-refractivity contribution is 0.0883. The van der Waals surface area contributed by atoms with Gasteiger partial charge >= 0.3 is 0 Å². The molecule has 0 fully saturated rings. The maximum Gasteiger partial charge on any atom is 0.200 e. The highest BCUT2D eigenvalue weighted by molar-refractivity contribution is 5.92. The molecule has 0 aliphatic heterocycles. The molecule has 1 aromatic heterocycles. The summed E-state index contributed by atoms with van der Waals surface area (Å²) in [5, 5.41) is 0. The molecule has 4 heteroatoms. The van der Waals surface area contributed by atoms with E-state index >= 15 is 0 Å². The van der Waals surface area contributed by atoms with Crippen LogP contribution in [0.2, 0.25) is 0 Å². The molecule has 1 aromatic rings. The molecule has 0 N–H and O–H groups in total. The van der Waals surface area contributed by atoms with Gasteiger partial charge in [0.05, 0.1) is 6.61 Å². The Hall–Kier alpha value is -1.16. The summed E-state index contributed by atoms with van der Waals surface area (Å²) in [6.45, 7) is 3.03. The summed E-state index contributed by atoms with van der Waals surface area (Å²) in [5.74, 6) is 0.528. The van der Waals surface area contributed by atoms with Crippen molar-refractivity contribution in [1.29, 1.82) is 0 Å². The first-order valence-electron chi connectivity index (χ1n) is 4.34. The highest BCUT2D eigenvalue weighted by atomic mass is 16.5. The zero-order chi connectivity index (χ0) is 9.68. The van der Waals surface area contributed by atoms with Crippen molar-refractivity contribution in [3.8, 4) is 0 Å². The minimum Gasteiger partial charge on any atom is -0.381 e. The molecule has 0 radical (unpaired) electrons. The summed E-state index contributed by atoms with van der Waals surface area (Å²) in [4.78, 5) is 15.4. The minimum atomic E-state index is 0.0287. The highest BCUT2D eigenvalue weighted by Gasteiger charge is 2.09. The van der Waals surface area contributed by atoms with Gasteiger partial charge in [0.15, 0.2) is 5.82 Å². The van der Waals surface area contributed by atoms with Crippen molar-refractivity contribution in [2.24, 2.45) is 7.05 Å². The Kier molecular flexibility index (Phi) is 3.64. The summed E-state index contributed by atoms with van der Waals surface area (Å²) < 4.78 is 6.80. The first kappa shape index (κ1) is 9.92. The molecule has 0 bridgehead atoms. The van der Waals surface area contributed by atoms with E-state index in [0.29, 0.717) is 25.5 Å². The van der Waals surface area contributed by atoms with Gasteiger partial charge in [-0.15, -0.1) is 0 Å². The first-order valence-corrected chi connectivity index (χ1v) is 4.34. The fourth-order valence-corrected chi connectivity index (χ4v) is 1.06. The molecule has 0 aromatic carbocycles. The Morgan fingerprint density at radius 2 is 2.46 bits per heavy atom.